The lowest BCUT2D eigenvalue weighted by Crippen LogP contribution is -2.62. The molecule has 1 N–H and O–H groups in total. The lowest BCUT2D eigenvalue weighted by molar-refractivity contribution is -0.211. The van der Waals surface area contributed by atoms with Crippen LogP contribution >= 0.6 is 23.2 Å². The van der Waals surface area contributed by atoms with Crippen molar-refractivity contribution < 1.29 is 14.3 Å². The number of hydrogen-bond donors (Lipinski definition) is 1. The van der Waals surface area contributed by atoms with Crippen molar-refractivity contribution in [2.45, 2.75) is 83.6 Å². The zero-order valence-corrected chi connectivity index (χ0v) is 24.2. The number of benzene rings is 1. The van der Waals surface area contributed by atoms with Crippen LogP contribution in [-0.2, 0) is 13.0 Å². The molecule has 5 aliphatic rings. The van der Waals surface area contributed by atoms with Crippen molar-refractivity contribution in [3.8, 4) is 11.5 Å². The number of rotatable bonds is 4. The summed E-state index contributed by atoms with van der Waals surface area (Å²) in [4.78, 5) is 33.3. The van der Waals surface area contributed by atoms with Crippen molar-refractivity contribution in [2.24, 2.45) is 5.41 Å². The number of H-pyrrole nitrogens is 1. The van der Waals surface area contributed by atoms with Crippen molar-refractivity contribution in [3.05, 3.63) is 54.4 Å². The van der Waals surface area contributed by atoms with E-state index < -0.39 is 5.79 Å². The average molecular weight is 561 g/mol. The Hall–Kier alpha value is -2.22. The number of aromatic amines is 1. The largest absolute Gasteiger partial charge is 0.446 e. The van der Waals surface area contributed by atoms with E-state index in [1.165, 1.54) is 0 Å². The Labute approximate surface area is 233 Å². The third-order valence-corrected chi connectivity index (χ3v) is 10.8. The Morgan fingerprint density at radius 1 is 1.00 bits per heavy atom. The molecule has 3 fully saturated rings. The van der Waals surface area contributed by atoms with Gasteiger partial charge in [0.05, 0.1) is 22.2 Å². The molecule has 1 aromatic heterocycles. The normalized spacial score (nSPS) is 29.8. The Morgan fingerprint density at radius 2 is 1.61 bits per heavy atom. The summed E-state index contributed by atoms with van der Waals surface area (Å²) in [5.74, 6) is -0.335. The Bertz CT molecular complexity index is 1390. The molecule has 3 aliphatic carbocycles. The third-order valence-electron chi connectivity index (χ3n) is 10.1. The van der Waals surface area contributed by atoms with E-state index in [0.717, 1.165) is 49.8 Å². The van der Waals surface area contributed by atoms with Crippen molar-refractivity contribution in [1.82, 2.24) is 14.8 Å². The van der Waals surface area contributed by atoms with E-state index in [9.17, 15) is 9.59 Å². The fourth-order valence-corrected chi connectivity index (χ4v) is 8.04. The number of ether oxygens (including phenoxy) is 2. The summed E-state index contributed by atoms with van der Waals surface area (Å²) in [6.45, 7) is 6.38. The monoisotopic (exact) mass is 559 g/mol. The number of fused-ring (bicyclic) bond motifs is 5. The minimum atomic E-state index is -0.902. The van der Waals surface area contributed by atoms with Crippen LogP contribution in [0.4, 0.5) is 0 Å². The van der Waals surface area contributed by atoms with E-state index in [4.69, 9.17) is 32.7 Å². The average Bonchev–Trinajstić information content (AvgIpc) is 3.26. The van der Waals surface area contributed by atoms with Crippen LogP contribution < -0.4 is 15.0 Å². The van der Waals surface area contributed by atoms with E-state index in [2.05, 4.69) is 24.0 Å². The number of nitrogens with zero attached hydrogens (tertiary/aromatic N) is 2. The predicted octanol–water partition coefficient (Wildman–Crippen LogP) is 5.64. The molecule has 2 aliphatic heterocycles. The van der Waals surface area contributed by atoms with Crippen LogP contribution in [-0.4, -0.2) is 52.7 Å². The van der Waals surface area contributed by atoms with Crippen LogP contribution in [0.2, 0.25) is 10.0 Å². The van der Waals surface area contributed by atoms with Crippen LogP contribution in [0.1, 0.15) is 78.2 Å². The first kappa shape index (κ1) is 26.0. The summed E-state index contributed by atoms with van der Waals surface area (Å²) in [7, 11) is 4.36. The number of aryl methyl sites for hydroxylation is 2. The lowest BCUT2D eigenvalue weighted by atomic mass is 9.54. The fourth-order valence-electron chi connectivity index (χ4n) is 7.40. The second kappa shape index (κ2) is 8.64. The minimum absolute atomic E-state index is 0.142. The molecule has 2 aromatic rings. The van der Waals surface area contributed by atoms with Gasteiger partial charge in [0.15, 0.2) is 11.5 Å². The molecule has 38 heavy (non-hydrogen) atoms. The highest BCUT2D eigenvalue weighted by atomic mass is 35.5. The van der Waals surface area contributed by atoms with Gasteiger partial charge in [0.25, 0.3) is 17.3 Å². The van der Waals surface area contributed by atoms with Gasteiger partial charge in [-0.1, -0.05) is 23.2 Å². The molecule has 7 rings (SSSR count). The van der Waals surface area contributed by atoms with Gasteiger partial charge in [-0.05, 0) is 90.1 Å². The van der Waals surface area contributed by atoms with Gasteiger partial charge in [-0.15, -0.1) is 0 Å². The summed E-state index contributed by atoms with van der Waals surface area (Å²) in [5.41, 5.74) is 3.20. The van der Waals surface area contributed by atoms with Gasteiger partial charge in [-0.3, -0.25) is 9.59 Å². The van der Waals surface area contributed by atoms with Crippen LogP contribution in [0.25, 0.3) is 0 Å². The molecular weight excluding hydrogens is 525 g/mol. The van der Waals surface area contributed by atoms with Crippen molar-refractivity contribution in [2.75, 3.05) is 20.6 Å². The van der Waals surface area contributed by atoms with Crippen LogP contribution in [0.15, 0.2) is 10.9 Å². The van der Waals surface area contributed by atoms with Crippen LogP contribution in [0, 0.1) is 19.3 Å². The van der Waals surface area contributed by atoms with Gasteiger partial charge in [0, 0.05) is 35.7 Å². The zero-order chi connectivity index (χ0) is 27.2. The fraction of sp³-hybridized carbons (Fsp3) is 0.586. The molecule has 204 valence electrons. The van der Waals surface area contributed by atoms with Gasteiger partial charge in [-0.2, -0.15) is 0 Å². The Morgan fingerprint density at radius 3 is 2.18 bits per heavy atom. The summed E-state index contributed by atoms with van der Waals surface area (Å²) in [5, 5.41) is 0.657. The van der Waals surface area contributed by atoms with E-state index in [1.807, 2.05) is 26.8 Å². The molecule has 1 aromatic carbocycles. The van der Waals surface area contributed by atoms with Crippen LogP contribution in [0.5, 0.6) is 11.5 Å². The van der Waals surface area contributed by atoms with E-state index >= 15 is 0 Å². The highest BCUT2D eigenvalue weighted by molar-refractivity contribution is 6.39. The van der Waals surface area contributed by atoms with Gasteiger partial charge in [0.2, 0.25) is 0 Å². The number of pyridine rings is 1. The first-order valence-corrected chi connectivity index (χ1v) is 14.2. The summed E-state index contributed by atoms with van der Waals surface area (Å²) in [6.07, 6.45) is 6.82. The smallest absolute Gasteiger partial charge is 0.256 e. The van der Waals surface area contributed by atoms with Gasteiger partial charge in [0.1, 0.15) is 0 Å². The van der Waals surface area contributed by atoms with Gasteiger partial charge < -0.3 is 24.3 Å². The molecular formula is C29H35Cl2N3O4. The minimum Gasteiger partial charge on any atom is -0.446 e. The second-order valence-corrected chi connectivity index (χ2v) is 12.9. The number of nitrogens with one attached hydrogen (secondary N) is 1. The SMILES string of the molecule is Cc1cc(C)c(CN2CCc3c(Cl)c4c(c(Cl)c3C2=O)OC(C)(C23CCC(N(C)C)(CC2)CC3)O4)c(=O)[nH]1. The summed E-state index contributed by atoms with van der Waals surface area (Å²) < 4.78 is 13.2. The zero-order valence-electron chi connectivity index (χ0n) is 22.7. The van der Waals surface area contributed by atoms with Crippen molar-refractivity contribution in [1.29, 1.82) is 0 Å². The van der Waals surface area contributed by atoms with Crippen molar-refractivity contribution >= 4 is 29.1 Å². The number of carbonyl (C=O) groups excluding carboxylic acids is 1. The molecule has 9 heteroatoms. The molecule has 3 heterocycles. The topological polar surface area (TPSA) is 74.9 Å². The molecule has 1 unspecified atom stereocenters. The van der Waals surface area contributed by atoms with E-state index in [1.54, 1.807) is 4.90 Å². The number of carbonyl (C=O) groups is 1. The van der Waals surface area contributed by atoms with Crippen LogP contribution in [0.3, 0.4) is 0 Å². The standard InChI is InChI=1S/C29H35Cl2N3O4/c1-16-14-17(2)32-25(35)19(16)15-34-13-6-18-20(26(34)36)22(31)24-23(21(18)30)37-27(3,38-24)28-7-10-29(11-8-28,12-9-28)33(4)5/h14H,6-13,15H2,1-5H3,(H,32,35). The first-order valence-electron chi connectivity index (χ1n) is 13.5. The van der Waals surface area contributed by atoms with Gasteiger partial charge in [-0.25, -0.2) is 0 Å². The number of halogens is 2. The molecule has 2 bridgehead atoms. The van der Waals surface area contributed by atoms with Crippen molar-refractivity contribution in [3.63, 3.8) is 0 Å². The molecule has 7 nitrogen and oxygen atoms in total. The highest BCUT2D eigenvalue weighted by Crippen LogP contribution is 2.64. The second-order valence-electron chi connectivity index (χ2n) is 12.1. The maximum absolute atomic E-state index is 13.7. The quantitative estimate of drug-likeness (QED) is 0.524. The Kier molecular flexibility index (Phi) is 5.92. The predicted molar refractivity (Wildman–Crippen MR) is 148 cm³/mol. The first-order chi connectivity index (χ1) is 17.9. The highest BCUT2D eigenvalue weighted by Gasteiger charge is 2.63. The lowest BCUT2D eigenvalue weighted by Gasteiger charge is -2.59. The molecule has 1 atom stereocenters. The number of amides is 1. The number of hydrogen-bond acceptors (Lipinski definition) is 5. The molecule has 0 spiro atoms. The summed E-state index contributed by atoms with van der Waals surface area (Å²) in [6, 6.07) is 1.92. The maximum atomic E-state index is 13.7. The van der Waals surface area contributed by atoms with E-state index in [0.29, 0.717) is 46.2 Å². The molecule has 1 amide bonds. The molecule has 3 saturated carbocycles. The third kappa shape index (κ3) is 3.57. The molecule has 0 radical (unpaired) electrons. The van der Waals surface area contributed by atoms with E-state index in [-0.39, 0.29) is 34.0 Å². The number of aromatic nitrogens is 1. The molecule has 0 saturated heterocycles. The van der Waals surface area contributed by atoms with Gasteiger partial charge >= 0.3 is 0 Å². The maximum Gasteiger partial charge on any atom is 0.256 e. The Balaban J connectivity index is 1.32. The summed E-state index contributed by atoms with van der Waals surface area (Å²) >= 11 is 13.9.